The molecule has 2 N–H and O–H groups in total. The van der Waals surface area contributed by atoms with Crippen molar-refractivity contribution in [3.05, 3.63) is 23.8 Å². The van der Waals surface area contributed by atoms with Crippen LogP contribution in [0.5, 0.6) is 5.75 Å². The summed E-state index contributed by atoms with van der Waals surface area (Å²) in [7, 11) is -2.13. The lowest BCUT2D eigenvalue weighted by Crippen LogP contribution is -2.27. The van der Waals surface area contributed by atoms with E-state index in [0.29, 0.717) is 24.5 Å². The lowest BCUT2D eigenvalue weighted by atomic mass is 10.2. The molecule has 0 aliphatic heterocycles. The number of methoxy groups -OCH3 is 1. The Hall–Kier alpha value is -1.15. The van der Waals surface area contributed by atoms with Crippen molar-refractivity contribution in [2.45, 2.75) is 18.4 Å². The normalized spacial score (nSPS) is 11.5. The summed E-state index contributed by atoms with van der Waals surface area (Å²) >= 11 is 0. The minimum atomic E-state index is -3.59. The van der Waals surface area contributed by atoms with Crippen LogP contribution in [0.15, 0.2) is 23.1 Å². The summed E-state index contributed by atoms with van der Waals surface area (Å²) in [6.45, 7) is 2.62. The van der Waals surface area contributed by atoms with Crippen molar-refractivity contribution in [2.75, 3.05) is 26.9 Å². The predicted molar refractivity (Wildman–Crippen MR) is 70.6 cm³/mol. The van der Waals surface area contributed by atoms with Crippen molar-refractivity contribution in [2.24, 2.45) is 0 Å². The molecule has 1 aromatic carbocycles. The third-order valence-electron chi connectivity index (χ3n) is 2.48. The molecule has 0 saturated heterocycles. The van der Waals surface area contributed by atoms with Crippen molar-refractivity contribution in [1.82, 2.24) is 4.72 Å². The molecule has 0 aliphatic carbocycles. The molecule has 0 bridgehead atoms. The number of nitrogens with one attached hydrogen (secondary N) is 1. The molecule has 0 saturated carbocycles. The van der Waals surface area contributed by atoms with E-state index in [2.05, 4.69) is 4.72 Å². The highest BCUT2D eigenvalue weighted by Crippen LogP contribution is 2.22. The van der Waals surface area contributed by atoms with E-state index in [1.807, 2.05) is 6.92 Å². The Morgan fingerprint density at radius 1 is 1.37 bits per heavy atom. The summed E-state index contributed by atoms with van der Waals surface area (Å²) in [6.07, 6.45) is 0. The van der Waals surface area contributed by atoms with E-state index in [1.165, 1.54) is 25.3 Å². The largest absolute Gasteiger partial charge is 0.496 e. The maximum absolute atomic E-state index is 12.0. The van der Waals surface area contributed by atoms with Crippen LogP contribution in [0, 0.1) is 0 Å². The SMILES string of the molecule is CCOCCNS(=O)(=O)c1ccc(OC)c(CO)c1. The average molecular weight is 289 g/mol. The molecule has 0 heterocycles. The molecule has 19 heavy (non-hydrogen) atoms. The van der Waals surface area contributed by atoms with E-state index in [1.54, 1.807) is 0 Å². The summed E-state index contributed by atoms with van der Waals surface area (Å²) in [6, 6.07) is 4.34. The zero-order valence-corrected chi connectivity index (χ0v) is 11.9. The summed E-state index contributed by atoms with van der Waals surface area (Å²) in [5, 5.41) is 9.17. The molecule has 0 unspecified atom stereocenters. The number of ether oxygens (including phenoxy) is 2. The fourth-order valence-electron chi connectivity index (χ4n) is 1.52. The van der Waals surface area contributed by atoms with E-state index >= 15 is 0 Å². The first kappa shape index (κ1) is 15.9. The van der Waals surface area contributed by atoms with Gasteiger partial charge in [0.1, 0.15) is 5.75 Å². The number of hydrogen-bond donors (Lipinski definition) is 2. The van der Waals surface area contributed by atoms with E-state index in [0.717, 1.165) is 0 Å². The van der Waals surface area contributed by atoms with Gasteiger partial charge in [0.15, 0.2) is 0 Å². The molecule has 0 spiro atoms. The van der Waals surface area contributed by atoms with E-state index < -0.39 is 10.0 Å². The molecule has 108 valence electrons. The van der Waals surface area contributed by atoms with Gasteiger partial charge in [0.05, 0.1) is 25.2 Å². The summed E-state index contributed by atoms with van der Waals surface area (Å²) in [5.74, 6) is 0.454. The van der Waals surface area contributed by atoms with Crippen molar-refractivity contribution in [1.29, 1.82) is 0 Å². The molecule has 1 aromatic rings. The molecule has 0 aliphatic rings. The molecular formula is C12H19NO5S. The third kappa shape index (κ3) is 4.46. The Morgan fingerprint density at radius 3 is 2.68 bits per heavy atom. The minimum Gasteiger partial charge on any atom is -0.496 e. The van der Waals surface area contributed by atoms with Gasteiger partial charge in [0, 0.05) is 18.7 Å². The lowest BCUT2D eigenvalue weighted by molar-refractivity contribution is 0.153. The van der Waals surface area contributed by atoms with Gasteiger partial charge in [-0.1, -0.05) is 0 Å². The van der Waals surface area contributed by atoms with Gasteiger partial charge in [-0.3, -0.25) is 0 Å². The molecule has 7 heteroatoms. The highest BCUT2D eigenvalue weighted by molar-refractivity contribution is 7.89. The van der Waals surface area contributed by atoms with E-state index in [9.17, 15) is 13.5 Å². The highest BCUT2D eigenvalue weighted by atomic mass is 32.2. The first-order valence-corrected chi connectivity index (χ1v) is 7.38. The summed E-state index contributed by atoms with van der Waals surface area (Å²) in [4.78, 5) is 0.0915. The highest BCUT2D eigenvalue weighted by Gasteiger charge is 2.15. The van der Waals surface area contributed by atoms with Crippen LogP contribution >= 0.6 is 0 Å². The standard InChI is InChI=1S/C12H19NO5S/c1-3-18-7-6-13-19(15,16)11-4-5-12(17-2)10(8-11)9-14/h4-5,8,13-14H,3,6-7,9H2,1-2H3. The van der Waals surface area contributed by atoms with Gasteiger partial charge in [-0.05, 0) is 25.1 Å². The second-order valence-corrected chi connectivity index (χ2v) is 5.49. The van der Waals surface area contributed by atoms with Crippen LogP contribution in [0.4, 0.5) is 0 Å². The maximum Gasteiger partial charge on any atom is 0.240 e. The van der Waals surface area contributed by atoms with Crippen molar-refractivity contribution < 1.29 is 23.0 Å². The van der Waals surface area contributed by atoms with Crippen LogP contribution in [0.1, 0.15) is 12.5 Å². The summed E-state index contributed by atoms with van der Waals surface area (Å²) in [5.41, 5.74) is 0.426. The van der Waals surface area contributed by atoms with Crippen LogP contribution in [0.25, 0.3) is 0 Å². The number of hydrogen-bond acceptors (Lipinski definition) is 5. The molecule has 0 aromatic heterocycles. The Labute approximate surface area is 113 Å². The average Bonchev–Trinajstić information content (AvgIpc) is 2.42. The zero-order valence-electron chi connectivity index (χ0n) is 11.0. The third-order valence-corrected chi connectivity index (χ3v) is 3.93. The first-order valence-electron chi connectivity index (χ1n) is 5.90. The molecular weight excluding hydrogens is 270 g/mol. The van der Waals surface area contributed by atoms with Gasteiger partial charge in [0.25, 0.3) is 0 Å². The number of rotatable bonds is 8. The van der Waals surface area contributed by atoms with Crippen molar-refractivity contribution >= 4 is 10.0 Å². The van der Waals surface area contributed by atoms with Crippen LogP contribution in [-0.4, -0.2) is 40.4 Å². The molecule has 0 atom stereocenters. The first-order chi connectivity index (χ1) is 9.05. The second kappa shape index (κ2) is 7.44. The number of benzene rings is 1. The number of sulfonamides is 1. The van der Waals surface area contributed by atoms with Gasteiger partial charge in [-0.25, -0.2) is 13.1 Å². The van der Waals surface area contributed by atoms with Gasteiger partial charge in [-0.2, -0.15) is 0 Å². The topological polar surface area (TPSA) is 84.9 Å². The van der Waals surface area contributed by atoms with Gasteiger partial charge >= 0.3 is 0 Å². The van der Waals surface area contributed by atoms with E-state index in [4.69, 9.17) is 9.47 Å². The Kier molecular flexibility index (Phi) is 6.23. The molecule has 0 fully saturated rings. The second-order valence-electron chi connectivity index (χ2n) is 3.73. The zero-order chi connectivity index (χ0) is 14.3. The molecule has 6 nitrogen and oxygen atoms in total. The predicted octanol–water partition coefficient (Wildman–Crippen LogP) is 0.502. The minimum absolute atomic E-state index is 0.0915. The maximum atomic E-state index is 12.0. The number of aliphatic hydroxyl groups excluding tert-OH is 1. The van der Waals surface area contributed by atoms with Gasteiger partial charge in [0.2, 0.25) is 10.0 Å². The monoisotopic (exact) mass is 289 g/mol. The number of aliphatic hydroxyl groups is 1. The quantitative estimate of drug-likeness (QED) is 0.681. The van der Waals surface area contributed by atoms with Gasteiger partial charge in [-0.15, -0.1) is 0 Å². The summed E-state index contributed by atoms with van der Waals surface area (Å²) < 4.78 is 36.5. The fraction of sp³-hybridized carbons (Fsp3) is 0.500. The Morgan fingerprint density at radius 2 is 2.11 bits per heavy atom. The van der Waals surface area contributed by atoms with Crippen molar-refractivity contribution in [3.63, 3.8) is 0 Å². The van der Waals surface area contributed by atoms with Crippen molar-refractivity contribution in [3.8, 4) is 5.75 Å². The van der Waals surface area contributed by atoms with E-state index in [-0.39, 0.29) is 18.0 Å². The van der Waals surface area contributed by atoms with Crippen LogP contribution in [0.3, 0.4) is 0 Å². The lowest BCUT2D eigenvalue weighted by Gasteiger charge is -2.10. The van der Waals surface area contributed by atoms with Crippen LogP contribution in [0.2, 0.25) is 0 Å². The smallest absolute Gasteiger partial charge is 0.240 e. The van der Waals surface area contributed by atoms with Crippen LogP contribution in [-0.2, 0) is 21.4 Å². The molecule has 1 rings (SSSR count). The molecule has 0 amide bonds. The Balaban J connectivity index is 2.83. The fourth-order valence-corrected chi connectivity index (χ4v) is 2.58. The van der Waals surface area contributed by atoms with Gasteiger partial charge < -0.3 is 14.6 Å². The van der Waals surface area contributed by atoms with Crippen LogP contribution < -0.4 is 9.46 Å². The Bertz CT molecular complexity index is 501. The molecule has 0 radical (unpaired) electrons.